The highest BCUT2D eigenvalue weighted by molar-refractivity contribution is 7.14. The molecule has 24 heavy (non-hydrogen) atoms. The van der Waals surface area contributed by atoms with Crippen molar-refractivity contribution in [1.82, 2.24) is 4.98 Å². The number of thiazole rings is 1. The molecule has 3 rings (SSSR count). The summed E-state index contributed by atoms with van der Waals surface area (Å²) in [5, 5.41) is 6.11. The van der Waals surface area contributed by atoms with Crippen molar-refractivity contribution in [1.29, 1.82) is 0 Å². The molecule has 0 radical (unpaired) electrons. The number of hydrogen-bond acceptors (Lipinski definition) is 3. The van der Waals surface area contributed by atoms with Gasteiger partial charge in [0.2, 0.25) is 5.91 Å². The lowest BCUT2D eigenvalue weighted by Gasteiger charge is -2.04. The number of carbonyl (C=O) groups excluding carboxylic acids is 1. The first kappa shape index (κ1) is 16.7. The molecule has 0 aliphatic carbocycles. The third kappa shape index (κ3) is 4.02. The second kappa shape index (κ2) is 7.16. The normalized spacial score (nSPS) is 10.6. The Bertz CT molecular complexity index is 871. The zero-order valence-electron chi connectivity index (χ0n) is 13.5. The SMILES string of the molecule is Cc1ccc(-c2csc(NC(=O)Cc3ccc(Cl)cc3)n2)c(C)c1. The minimum atomic E-state index is -0.0844. The van der Waals surface area contributed by atoms with Crippen LogP contribution in [-0.4, -0.2) is 10.9 Å². The molecule has 3 aromatic rings. The van der Waals surface area contributed by atoms with Gasteiger partial charge in [-0.2, -0.15) is 0 Å². The molecule has 0 saturated carbocycles. The van der Waals surface area contributed by atoms with E-state index in [1.165, 1.54) is 22.5 Å². The van der Waals surface area contributed by atoms with Crippen molar-refractivity contribution < 1.29 is 4.79 Å². The molecule has 3 nitrogen and oxygen atoms in total. The molecule has 0 fully saturated rings. The van der Waals surface area contributed by atoms with Gasteiger partial charge in [0.1, 0.15) is 0 Å². The summed E-state index contributed by atoms with van der Waals surface area (Å²) in [4.78, 5) is 16.7. The summed E-state index contributed by atoms with van der Waals surface area (Å²) in [6.07, 6.45) is 0.301. The average molecular weight is 357 g/mol. The summed E-state index contributed by atoms with van der Waals surface area (Å²) in [7, 11) is 0. The Morgan fingerprint density at radius 2 is 1.92 bits per heavy atom. The van der Waals surface area contributed by atoms with Gasteiger partial charge in [-0.3, -0.25) is 4.79 Å². The smallest absolute Gasteiger partial charge is 0.230 e. The van der Waals surface area contributed by atoms with Gasteiger partial charge in [0.25, 0.3) is 0 Å². The molecule has 0 saturated heterocycles. The van der Waals surface area contributed by atoms with E-state index in [0.29, 0.717) is 16.6 Å². The van der Waals surface area contributed by atoms with Crippen LogP contribution in [0.2, 0.25) is 5.02 Å². The monoisotopic (exact) mass is 356 g/mol. The number of aryl methyl sites for hydroxylation is 2. The molecule has 2 aromatic carbocycles. The van der Waals surface area contributed by atoms with Crippen LogP contribution in [0.15, 0.2) is 47.8 Å². The molecule has 5 heteroatoms. The summed E-state index contributed by atoms with van der Waals surface area (Å²) in [5.41, 5.74) is 5.31. The van der Waals surface area contributed by atoms with Crippen molar-refractivity contribution in [2.24, 2.45) is 0 Å². The van der Waals surface area contributed by atoms with E-state index in [-0.39, 0.29) is 5.91 Å². The van der Waals surface area contributed by atoms with Crippen LogP contribution >= 0.6 is 22.9 Å². The average Bonchev–Trinajstić information content (AvgIpc) is 2.97. The van der Waals surface area contributed by atoms with Gasteiger partial charge in [0, 0.05) is 16.0 Å². The van der Waals surface area contributed by atoms with E-state index in [1.807, 2.05) is 17.5 Å². The highest BCUT2D eigenvalue weighted by Crippen LogP contribution is 2.28. The van der Waals surface area contributed by atoms with E-state index in [2.05, 4.69) is 42.3 Å². The Morgan fingerprint density at radius 3 is 2.62 bits per heavy atom. The zero-order valence-corrected chi connectivity index (χ0v) is 15.0. The lowest BCUT2D eigenvalue weighted by molar-refractivity contribution is -0.115. The molecule has 0 aliphatic rings. The summed E-state index contributed by atoms with van der Waals surface area (Å²) in [5.74, 6) is -0.0844. The number of aromatic nitrogens is 1. The Labute approximate surface area is 150 Å². The van der Waals surface area contributed by atoms with Crippen LogP contribution in [0, 0.1) is 13.8 Å². The molecule has 0 unspecified atom stereocenters. The topological polar surface area (TPSA) is 42.0 Å². The number of carbonyl (C=O) groups is 1. The van der Waals surface area contributed by atoms with Gasteiger partial charge >= 0.3 is 0 Å². The van der Waals surface area contributed by atoms with E-state index in [9.17, 15) is 4.79 Å². The first-order valence-electron chi connectivity index (χ1n) is 7.59. The van der Waals surface area contributed by atoms with Gasteiger partial charge in [-0.05, 0) is 37.1 Å². The number of anilines is 1. The largest absolute Gasteiger partial charge is 0.302 e. The summed E-state index contributed by atoms with van der Waals surface area (Å²) in [6, 6.07) is 13.5. The second-order valence-electron chi connectivity index (χ2n) is 5.71. The van der Waals surface area contributed by atoms with Gasteiger partial charge in [0.15, 0.2) is 5.13 Å². The van der Waals surface area contributed by atoms with Crippen LogP contribution in [0.25, 0.3) is 11.3 Å². The fraction of sp³-hybridized carbons (Fsp3) is 0.158. The number of amides is 1. The maximum atomic E-state index is 12.1. The maximum absolute atomic E-state index is 12.1. The molecule has 1 heterocycles. The van der Waals surface area contributed by atoms with Crippen LogP contribution in [-0.2, 0) is 11.2 Å². The van der Waals surface area contributed by atoms with E-state index in [0.717, 1.165) is 16.8 Å². The highest BCUT2D eigenvalue weighted by Gasteiger charge is 2.10. The first-order valence-corrected chi connectivity index (χ1v) is 8.84. The number of nitrogens with zero attached hydrogens (tertiary/aromatic N) is 1. The van der Waals surface area contributed by atoms with Crippen LogP contribution in [0.3, 0.4) is 0 Å². The predicted molar refractivity (Wildman–Crippen MR) is 101 cm³/mol. The van der Waals surface area contributed by atoms with Crippen molar-refractivity contribution in [3.05, 3.63) is 69.6 Å². The molecule has 0 spiro atoms. The molecule has 1 amide bonds. The van der Waals surface area contributed by atoms with Gasteiger partial charge in [-0.15, -0.1) is 11.3 Å². The first-order chi connectivity index (χ1) is 11.5. The van der Waals surface area contributed by atoms with Gasteiger partial charge < -0.3 is 5.32 Å². The molecule has 0 atom stereocenters. The van der Waals surface area contributed by atoms with Gasteiger partial charge in [-0.25, -0.2) is 4.98 Å². The fourth-order valence-electron chi connectivity index (χ4n) is 2.51. The number of benzene rings is 2. The Kier molecular flexibility index (Phi) is 4.97. The van der Waals surface area contributed by atoms with Crippen molar-refractivity contribution in [3.63, 3.8) is 0 Å². The molecule has 1 aromatic heterocycles. The maximum Gasteiger partial charge on any atom is 0.230 e. The van der Waals surface area contributed by atoms with Crippen LogP contribution in [0.1, 0.15) is 16.7 Å². The summed E-state index contributed by atoms with van der Waals surface area (Å²) in [6.45, 7) is 4.14. The van der Waals surface area contributed by atoms with E-state index in [1.54, 1.807) is 12.1 Å². The van der Waals surface area contributed by atoms with Gasteiger partial charge in [0.05, 0.1) is 12.1 Å². The number of rotatable bonds is 4. The zero-order chi connectivity index (χ0) is 17.1. The third-order valence-electron chi connectivity index (χ3n) is 3.69. The standard InChI is InChI=1S/C19H17ClN2OS/c1-12-3-8-16(13(2)9-12)17-11-24-19(21-17)22-18(23)10-14-4-6-15(20)7-5-14/h3-9,11H,10H2,1-2H3,(H,21,22,23). The van der Waals surface area contributed by atoms with Crippen molar-refractivity contribution >= 4 is 34.0 Å². The van der Waals surface area contributed by atoms with Crippen LogP contribution < -0.4 is 5.32 Å². The number of nitrogens with one attached hydrogen (secondary N) is 1. The number of halogens is 1. The molecular formula is C19H17ClN2OS. The molecule has 0 aliphatic heterocycles. The molecular weight excluding hydrogens is 340 g/mol. The van der Waals surface area contributed by atoms with Gasteiger partial charge in [-0.1, -0.05) is 47.5 Å². The quantitative estimate of drug-likeness (QED) is 0.692. The lowest BCUT2D eigenvalue weighted by Crippen LogP contribution is -2.14. The second-order valence-corrected chi connectivity index (χ2v) is 7.00. The van der Waals surface area contributed by atoms with Crippen molar-refractivity contribution in [3.8, 4) is 11.3 Å². The highest BCUT2D eigenvalue weighted by atomic mass is 35.5. The van der Waals surface area contributed by atoms with Crippen molar-refractivity contribution in [2.75, 3.05) is 5.32 Å². The van der Waals surface area contributed by atoms with Crippen LogP contribution in [0.5, 0.6) is 0 Å². The summed E-state index contributed by atoms with van der Waals surface area (Å²) < 4.78 is 0. The number of hydrogen-bond donors (Lipinski definition) is 1. The molecule has 0 bridgehead atoms. The van der Waals surface area contributed by atoms with E-state index >= 15 is 0 Å². The molecule has 1 N–H and O–H groups in total. The fourth-order valence-corrected chi connectivity index (χ4v) is 3.36. The van der Waals surface area contributed by atoms with Crippen molar-refractivity contribution in [2.45, 2.75) is 20.3 Å². The van der Waals surface area contributed by atoms with E-state index < -0.39 is 0 Å². The third-order valence-corrected chi connectivity index (χ3v) is 4.70. The van der Waals surface area contributed by atoms with E-state index in [4.69, 9.17) is 11.6 Å². The summed E-state index contributed by atoms with van der Waals surface area (Å²) >= 11 is 7.29. The Balaban J connectivity index is 1.69. The molecule has 122 valence electrons. The predicted octanol–water partition coefficient (Wildman–Crippen LogP) is 5.26. The Hall–Kier alpha value is -2.17. The minimum absolute atomic E-state index is 0.0844. The minimum Gasteiger partial charge on any atom is -0.302 e. The lowest BCUT2D eigenvalue weighted by atomic mass is 10.0. The van der Waals surface area contributed by atoms with Crippen LogP contribution in [0.4, 0.5) is 5.13 Å². The Morgan fingerprint density at radius 1 is 1.17 bits per heavy atom.